The maximum absolute atomic E-state index is 15.5. The van der Waals surface area contributed by atoms with Gasteiger partial charge in [-0.25, -0.2) is 8.42 Å². The molecule has 2 heterocycles. The van der Waals surface area contributed by atoms with E-state index in [4.69, 9.17) is 24.2 Å². The average Bonchev–Trinajstić information content (AvgIpc) is 3.30. The molecular formula is C51H59N3O8S. The van der Waals surface area contributed by atoms with Gasteiger partial charge in [-0.3, -0.25) is 4.98 Å². The molecule has 332 valence electrons. The molecule has 2 N–H and O–H groups in total. The molecule has 3 aliphatic rings. The summed E-state index contributed by atoms with van der Waals surface area (Å²) in [6.45, 7) is 8.65. The van der Waals surface area contributed by atoms with Crippen LogP contribution >= 0.6 is 0 Å². The fourth-order valence-corrected chi connectivity index (χ4v) is 12.2. The van der Waals surface area contributed by atoms with Crippen LogP contribution in [0.3, 0.4) is 0 Å². The largest absolute Gasteiger partial charge is 0.460 e. The molecule has 63 heavy (non-hydrogen) atoms. The molecule has 0 amide bonds. The second kappa shape index (κ2) is 19.7. The van der Waals surface area contributed by atoms with Crippen molar-refractivity contribution in [2.75, 3.05) is 33.0 Å². The minimum Gasteiger partial charge on any atom is -0.460 e. The molecule has 6 unspecified atom stereocenters. The van der Waals surface area contributed by atoms with Crippen molar-refractivity contribution in [3.63, 3.8) is 0 Å². The van der Waals surface area contributed by atoms with E-state index in [2.05, 4.69) is 41.9 Å². The van der Waals surface area contributed by atoms with Gasteiger partial charge in [-0.2, -0.15) is 4.31 Å². The number of benzene rings is 4. The summed E-state index contributed by atoms with van der Waals surface area (Å²) in [5.74, 6) is -0.362. The number of hydrogen-bond donors (Lipinski definition) is 2. The van der Waals surface area contributed by atoms with Gasteiger partial charge in [-0.1, -0.05) is 85.6 Å². The zero-order chi connectivity index (χ0) is 44.0. The van der Waals surface area contributed by atoms with E-state index < -0.39 is 27.8 Å². The highest BCUT2D eigenvalue weighted by atomic mass is 32.2. The van der Waals surface area contributed by atoms with E-state index in [-0.39, 0.29) is 55.4 Å². The number of aliphatic hydroxyl groups is 2. The lowest BCUT2D eigenvalue weighted by molar-refractivity contribution is -0.251. The molecule has 0 spiro atoms. The molecule has 0 saturated heterocycles. The third-order valence-corrected chi connectivity index (χ3v) is 14.8. The van der Waals surface area contributed by atoms with Crippen molar-refractivity contribution in [2.45, 2.75) is 87.9 Å². The number of aromatic nitrogens is 1. The highest BCUT2D eigenvalue weighted by Gasteiger charge is 2.66. The summed E-state index contributed by atoms with van der Waals surface area (Å²) in [7, 11) is -4.26. The summed E-state index contributed by atoms with van der Waals surface area (Å²) >= 11 is 0. The van der Waals surface area contributed by atoms with Crippen LogP contribution in [0.1, 0.15) is 76.7 Å². The van der Waals surface area contributed by atoms with E-state index in [9.17, 15) is 10.2 Å². The summed E-state index contributed by atoms with van der Waals surface area (Å²) in [6, 6.07) is 28.1. The van der Waals surface area contributed by atoms with Crippen LogP contribution in [0.25, 0.3) is 21.7 Å². The Morgan fingerprint density at radius 1 is 0.905 bits per heavy atom. The molecule has 4 aromatic carbocycles. The van der Waals surface area contributed by atoms with Crippen molar-refractivity contribution < 1.29 is 37.7 Å². The van der Waals surface area contributed by atoms with Crippen LogP contribution in [-0.4, -0.2) is 78.4 Å². The van der Waals surface area contributed by atoms with E-state index in [0.29, 0.717) is 54.3 Å². The van der Waals surface area contributed by atoms with Gasteiger partial charge < -0.3 is 29.3 Å². The number of fused-ring (bicyclic) bond motifs is 4. The van der Waals surface area contributed by atoms with Crippen molar-refractivity contribution in [3.05, 3.63) is 127 Å². The molecule has 1 fully saturated rings. The molecule has 8 rings (SSSR count). The Bertz CT molecular complexity index is 2570. The summed E-state index contributed by atoms with van der Waals surface area (Å²) in [6.07, 6.45) is 10.8. The molecular weight excluding hydrogens is 815 g/mol. The minimum absolute atomic E-state index is 0.0138. The number of aliphatic hydroxyl groups excluding tert-OH is 2. The smallest absolute Gasteiger partial charge is 0.245 e. The number of hydrogen-bond acceptors (Lipinski definition) is 10. The Balaban J connectivity index is 1.35. The standard InChI is InChI=1S/C51H59N3O8S/c1-4-27-54(63(57,58)46-21-13-18-36-19-14-26-52-50(36)46)47-34-44(53-60-6-3)42-32-38(17-9-11-28-55)41(20-10-12-29-56)48-43-33-40(61-39-23-22-35-15-7-8-16-37(35)31-39)24-25-45(43)62-51(47,49(42)48)59-30-5-2/h5,7-8,13-16,18-19,21-26,31-33,38,41,47-49,55-56H,2,4,6,9-12,17,20,27-30,34H2,1,3H3. The number of unbranched alkanes of at least 4 members (excludes halogenated alkanes) is 2. The van der Waals surface area contributed by atoms with Gasteiger partial charge in [0.1, 0.15) is 28.8 Å². The SMILES string of the molecule is C=CCOC12Oc3ccc(Oc4ccc5ccccc5c4)cc3C3C(CCCCO)C(CCCCO)C=C(C(=NOCC)CC1N(CCC)S(=O)(=O)c1cccc4cccnc14)C32. The minimum atomic E-state index is -4.26. The zero-order valence-corrected chi connectivity index (χ0v) is 37.1. The lowest BCUT2D eigenvalue weighted by Gasteiger charge is -2.59. The maximum Gasteiger partial charge on any atom is 0.245 e. The van der Waals surface area contributed by atoms with Gasteiger partial charge >= 0.3 is 0 Å². The summed E-state index contributed by atoms with van der Waals surface area (Å²) in [4.78, 5) is 10.6. The van der Waals surface area contributed by atoms with E-state index >= 15 is 8.42 Å². The second-order valence-corrected chi connectivity index (χ2v) is 18.6. The van der Waals surface area contributed by atoms with Crippen molar-refractivity contribution >= 4 is 37.4 Å². The molecule has 11 nitrogen and oxygen atoms in total. The van der Waals surface area contributed by atoms with Crippen LogP contribution in [0.5, 0.6) is 17.2 Å². The fraction of sp³-hybridized carbons (Fsp3) is 0.412. The topological polar surface area (TPSA) is 140 Å². The van der Waals surface area contributed by atoms with Crippen molar-refractivity contribution in [1.29, 1.82) is 0 Å². The zero-order valence-electron chi connectivity index (χ0n) is 36.3. The number of nitrogens with zero attached hydrogens (tertiary/aromatic N) is 3. The van der Waals surface area contributed by atoms with Gasteiger partial charge in [0.2, 0.25) is 15.8 Å². The van der Waals surface area contributed by atoms with Crippen LogP contribution in [0, 0.1) is 17.8 Å². The predicted octanol–water partition coefficient (Wildman–Crippen LogP) is 9.93. The number of allylic oxidation sites excluding steroid dienone is 1. The Kier molecular flexibility index (Phi) is 13.9. The second-order valence-electron chi connectivity index (χ2n) is 16.7. The van der Waals surface area contributed by atoms with Crippen LogP contribution in [0.2, 0.25) is 0 Å². The highest BCUT2D eigenvalue weighted by Crippen LogP contribution is 2.62. The molecule has 1 aliphatic heterocycles. The maximum atomic E-state index is 15.5. The monoisotopic (exact) mass is 873 g/mol. The molecule has 6 atom stereocenters. The van der Waals surface area contributed by atoms with Gasteiger partial charge in [0.05, 0.1) is 29.8 Å². The van der Waals surface area contributed by atoms with Crippen molar-refractivity contribution in [2.24, 2.45) is 22.9 Å². The molecule has 2 aliphatic carbocycles. The highest BCUT2D eigenvalue weighted by molar-refractivity contribution is 7.89. The van der Waals surface area contributed by atoms with Crippen LogP contribution in [0.15, 0.2) is 132 Å². The Labute approximate surface area is 371 Å². The van der Waals surface area contributed by atoms with Crippen LogP contribution in [-0.2, 0) is 19.6 Å². The fourth-order valence-electron chi connectivity index (χ4n) is 10.3. The third kappa shape index (κ3) is 8.76. The number of ether oxygens (including phenoxy) is 3. The molecule has 1 saturated carbocycles. The van der Waals surface area contributed by atoms with Gasteiger partial charge in [-0.15, -0.1) is 6.58 Å². The average molecular weight is 874 g/mol. The van der Waals surface area contributed by atoms with E-state index in [1.54, 1.807) is 34.8 Å². The Morgan fingerprint density at radius 2 is 1.65 bits per heavy atom. The number of oxime groups is 1. The number of rotatable bonds is 20. The summed E-state index contributed by atoms with van der Waals surface area (Å²) < 4.78 is 53.7. The van der Waals surface area contributed by atoms with E-state index in [1.807, 2.05) is 62.4 Å². The first-order valence-corrected chi connectivity index (χ1v) is 23.9. The lowest BCUT2D eigenvalue weighted by atomic mass is 9.55. The molecule has 12 heteroatoms. The van der Waals surface area contributed by atoms with E-state index in [0.717, 1.165) is 53.0 Å². The number of para-hydroxylation sites is 1. The van der Waals surface area contributed by atoms with Crippen molar-refractivity contribution in [3.8, 4) is 17.2 Å². The molecule has 1 aromatic heterocycles. The Morgan fingerprint density at radius 3 is 2.43 bits per heavy atom. The normalized spacial score (nSPS) is 23.5. The molecule has 0 bridgehead atoms. The van der Waals surface area contributed by atoms with Crippen LogP contribution in [0.4, 0.5) is 0 Å². The Hall–Kier alpha value is -5.11. The summed E-state index contributed by atoms with van der Waals surface area (Å²) in [5, 5.41) is 27.6. The van der Waals surface area contributed by atoms with Crippen molar-refractivity contribution in [1.82, 2.24) is 9.29 Å². The first-order chi connectivity index (χ1) is 30.8. The van der Waals surface area contributed by atoms with Gasteiger partial charge in [0.25, 0.3) is 0 Å². The van der Waals surface area contributed by atoms with Gasteiger partial charge in [-0.05, 0) is 110 Å². The number of sulfonamides is 1. The van der Waals surface area contributed by atoms with Gasteiger partial charge in [0.15, 0.2) is 0 Å². The lowest BCUT2D eigenvalue weighted by Crippen LogP contribution is -2.70. The first-order valence-electron chi connectivity index (χ1n) is 22.5. The predicted molar refractivity (Wildman–Crippen MR) is 247 cm³/mol. The van der Waals surface area contributed by atoms with Crippen LogP contribution < -0.4 is 9.47 Å². The first kappa shape index (κ1) is 44.5. The summed E-state index contributed by atoms with van der Waals surface area (Å²) in [5.41, 5.74) is 2.88. The molecule has 5 aromatic rings. The molecule has 0 radical (unpaired) electrons. The number of pyridine rings is 1. The third-order valence-electron chi connectivity index (χ3n) is 12.9. The quantitative estimate of drug-likeness (QED) is 0.0444. The van der Waals surface area contributed by atoms with Gasteiger partial charge in [0, 0.05) is 49.2 Å². The van der Waals surface area contributed by atoms with E-state index in [1.165, 1.54) is 0 Å².